The van der Waals surface area contributed by atoms with Crippen LogP contribution in [0.25, 0.3) is 10.9 Å². The van der Waals surface area contributed by atoms with E-state index in [9.17, 15) is 4.79 Å². The lowest BCUT2D eigenvalue weighted by Gasteiger charge is -2.34. The molecule has 3 heterocycles. The highest BCUT2D eigenvalue weighted by atomic mass is 16.5. The Morgan fingerprint density at radius 2 is 1.91 bits per heavy atom. The van der Waals surface area contributed by atoms with E-state index in [0.717, 1.165) is 60.1 Å². The second kappa shape index (κ2) is 9.73. The summed E-state index contributed by atoms with van der Waals surface area (Å²) in [6, 6.07) is 6.70. The van der Waals surface area contributed by atoms with Crippen molar-refractivity contribution in [2.24, 2.45) is 0 Å². The second-order valence-corrected chi connectivity index (χ2v) is 9.72. The van der Waals surface area contributed by atoms with Crippen LogP contribution in [0.1, 0.15) is 67.5 Å². The smallest absolute Gasteiger partial charge is 0.252 e. The summed E-state index contributed by atoms with van der Waals surface area (Å²) in [5.41, 5.74) is 4.01. The number of tetrazole rings is 1. The lowest BCUT2D eigenvalue weighted by atomic mass is 9.93. The van der Waals surface area contributed by atoms with Crippen LogP contribution in [0, 0.1) is 13.8 Å². The predicted molar refractivity (Wildman–Crippen MR) is 127 cm³/mol. The molecule has 8 heteroatoms. The number of fused-ring (bicyclic) bond motifs is 1. The molecule has 5 rings (SSSR count). The fourth-order valence-corrected chi connectivity index (χ4v) is 5.36. The Labute approximate surface area is 194 Å². The zero-order valence-electron chi connectivity index (χ0n) is 19.7. The number of rotatable bonds is 7. The molecule has 3 aromatic rings. The fraction of sp³-hybridized carbons (Fsp3) is 0.600. The van der Waals surface area contributed by atoms with Crippen molar-refractivity contribution in [3.05, 3.63) is 51.1 Å². The van der Waals surface area contributed by atoms with Gasteiger partial charge in [0, 0.05) is 30.1 Å². The molecule has 1 saturated heterocycles. The molecule has 1 aromatic carbocycles. The summed E-state index contributed by atoms with van der Waals surface area (Å²) in [5.74, 6) is 0.848. The molecule has 176 valence electrons. The van der Waals surface area contributed by atoms with Gasteiger partial charge in [-0.25, -0.2) is 4.68 Å². The monoisotopic (exact) mass is 450 g/mol. The quantitative estimate of drug-likeness (QED) is 0.591. The molecule has 8 nitrogen and oxygen atoms in total. The van der Waals surface area contributed by atoms with Gasteiger partial charge in [-0.2, -0.15) is 0 Å². The molecule has 1 unspecified atom stereocenters. The molecule has 1 N–H and O–H groups in total. The molecule has 1 aliphatic carbocycles. The zero-order chi connectivity index (χ0) is 22.8. The molecule has 1 atom stereocenters. The van der Waals surface area contributed by atoms with Crippen LogP contribution in [-0.4, -0.2) is 48.8 Å². The molecular formula is C25H34N6O2. The van der Waals surface area contributed by atoms with Gasteiger partial charge in [-0.15, -0.1) is 5.10 Å². The van der Waals surface area contributed by atoms with Crippen molar-refractivity contribution >= 4 is 10.9 Å². The number of aromatic amines is 1. The minimum atomic E-state index is -0.00374. The number of hydrogen-bond acceptors (Lipinski definition) is 6. The van der Waals surface area contributed by atoms with E-state index in [4.69, 9.17) is 4.74 Å². The number of aryl methyl sites for hydroxylation is 2. The molecule has 1 aliphatic heterocycles. The molecule has 2 aliphatic rings. The largest absolute Gasteiger partial charge is 0.376 e. The molecule has 0 radical (unpaired) electrons. The Morgan fingerprint density at radius 3 is 2.70 bits per heavy atom. The summed E-state index contributed by atoms with van der Waals surface area (Å²) >= 11 is 0. The van der Waals surface area contributed by atoms with E-state index in [1.54, 1.807) is 0 Å². The number of nitrogens with zero attached hydrogens (tertiary/aromatic N) is 5. The van der Waals surface area contributed by atoms with Crippen LogP contribution in [0.5, 0.6) is 0 Å². The summed E-state index contributed by atoms with van der Waals surface area (Å²) in [6.07, 6.45) is 8.38. The third kappa shape index (κ3) is 4.87. The number of ether oxygens (including phenoxy) is 1. The number of pyridine rings is 1. The molecular weight excluding hydrogens is 416 g/mol. The Balaban J connectivity index is 1.43. The molecule has 0 amide bonds. The van der Waals surface area contributed by atoms with Gasteiger partial charge in [0.2, 0.25) is 0 Å². The van der Waals surface area contributed by atoms with Crippen molar-refractivity contribution in [3.8, 4) is 0 Å². The van der Waals surface area contributed by atoms with E-state index in [1.807, 2.05) is 11.6 Å². The fourth-order valence-electron chi connectivity index (χ4n) is 5.36. The maximum atomic E-state index is 13.1. The first-order chi connectivity index (χ1) is 16.1. The van der Waals surface area contributed by atoms with Gasteiger partial charge in [-0.3, -0.25) is 9.69 Å². The van der Waals surface area contributed by atoms with Crippen LogP contribution < -0.4 is 5.56 Å². The first-order valence-electron chi connectivity index (χ1n) is 12.3. The van der Waals surface area contributed by atoms with Gasteiger partial charge < -0.3 is 9.72 Å². The first-order valence-corrected chi connectivity index (χ1v) is 12.3. The molecule has 2 fully saturated rings. The molecule has 0 bridgehead atoms. The molecule has 33 heavy (non-hydrogen) atoms. The average Bonchev–Trinajstić information content (AvgIpc) is 3.50. The van der Waals surface area contributed by atoms with Crippen LogP contribution in [0.2, 0.25) is 0 Å². The van der Waals surface area contributed by atoms with Gasteiger partial charge in [0.1, 0.15) is 0 Å². The third-order valence-corrected chi connectivity index (χ3v) is 7.34. The predicted octanol–water partition coefficient (Wildman–Crippen LogP) is 3.65. The third-order valence-electron chi connectivity index (χ3n) is 7.34. The first kappa shape index (κ1) is 22.2. The van der Waals surface area contributed by atoms with Crippen molar-refractivity contribution in [1.82, 2.24) is 30.1 Å². The summed E-state index contributed by atoms with van der Waals surface area (Å²) < 4.78 is 7.69. The highest BCUT2D eigenvalue weighted by Crippen LogP contribution is 2.26. The van der Waals surface area contributed by atoms with E-state index in [0.29, 0.717) is 25.7 Å². The van der Waals surface area contributed by atoms with Crippen LogP contribution in [0.3, 0.4) is 0 Å². The highest BCUT2D eigenvalue weighted by Gasteiger charge is 2.26. The standard InChI is InChI=1S/C25H34N6O2/c1-17-10-11-18(2)24-22(17)13-19(25(32)26-24)14-30(20-7-4-3-5-8-20)16-23-27-28-29-31(23)15-21-9-6-12-33-21/h10-11,13,20-21H,3-9,12,14-16H2,1-2H3,(H,26,32). The normalized spacial score (nSPS) is 19.7. The van der Waals surface area contributed by atoms with Crippen LogP contribution in [-0.2, 0) is 24.4 Å². The van der Waals surface area contributed by atoms with Crippen molar-refractivity contribution in [1.29, 1.82) is 0 Å². The summed E-state index contributed by atoms with van der Waals surface area (Å²) in [7, 11) is 0. The number of H-pyrrole nitrogens is 1. The summed E-state index contributed by atoms with van der Waals surface area (Å²) in [4.78, 5) is 18.6. The van der Waals surface area contributed by atoms with Crippen molar-refractivity contribution in [2.75, 3.05) is 6.61 Å². The summed E-state index contributed by atoms with van der Waals surface area (Å²) in [6.45, 7) is 6.88. The Kier molecular flexibility index (Phi) is 6.55. The van der Waals surface area contributed by atoms with Crippen molar-refractivity contribution in [2.45, 2.75) is 90.6 Å². The highest BCUT2D eigenvalue weighted by molar-refractivity contribution is 5.85. The summed E-state index contributed by atoms with van der Waals surface area (Å²) in [5, 5.41) is 13.7. The Morgan fingerprint density at radius 1 is 1.09 bits per heavy atom. The van der Waals surface area contributed by atoms with Crippen molar-refractivity contribution < 1.29 is 4.74 Å². The van der Waals surface area contributed by atoms with Crippen LogP contribution >= 0.6 is 0 Å². The van der Waals surface area contributed by atoms with E-state index >= 15 is 0 Å². The zero-order valence-corrected chi connectivity index (χ0v) is 19.7. The second-order valence-electron chi connectivity index (χ2n) is 9.72. The lowest BCUT2D eigenvalue weighted by molar-refractivity contribution is 0.0893. The maximum absolute atomic E-state index is 13.1. The molecule has 1 saturated carbocycles. The van der Waals surface area contributed by atoms with Gasteiger partial charge in [0.25, 0.3) is 5.56 Å². The minimum Gasteiger partial charge on any atom is -0.376 e. The lowest BCUT2D eigenvalue weighted by Crippen LogP contribution is -2.38. The van der Waals surface area contributed by atoms with Gasteiger partial charge in [-0.1, -0.05) is 31.4 Å². The number of nitrogens with one attached hydrogen (secondary N) is 1. The van der Waals surface area contributed by atoms with Gasteiger partial charge >= 0.3 is 0 Å². The maximum Gasteiger partial charge on any atom is 0.252 e. The van der Waals surface area contributed by atoms with Crippen LogP contribution in [0.15, 0.2) is 23.0 Å². The van der Waals surface area contributed by atoms with E-state index in [-0.39, 0.29) is 11.7 Å². The number of hydrogen-bond donors (Lipinski definition) is 1. The Hall–Kier alpha value is -2.58. The number of benzene rings is 1. The van der Waals surface area contributed by atoms with E-state index in [1.165, 1.54) is 24.8 Å². The van der Waals surface area contributed by atoms with E-state index in [2.05, 4.69) is 50.5 Å². The van der Waals surface area contributed by atoms with Gasteiger partial charge in [0.05, 0.1) is 24.7 Å². The van der Waals surface area contributed by atoms with Gasteiger partial charge in [-0.05, 0) is 67.2 Å². The molecule has 2 aromatic heterocycles. The number of aromatic nitrogens is 5. The Bertz CT molecular complexity index is 1160. The topological polar surface area (TPSA) is 88.9 Å². The minimum absolute atomic E-state index is 0.00374. The van der Waals surface area contributed by atoms with Crippen molar-refractivity contribution in [3.63, 3.8) is 0 Å². The average molecular weight is 451 g/mol. The van der Waals surface area contributed by atoms with Crippen LogP contribution in [0.4, 0.5) is 0 Å². The van der Waals surface area contributed by atoms with Gasteiger partial charge in [0.15, 0.2) is 5.82 Å². The van der Waals surface area contributed by atoms with E-state index < -0.39 is 0 Å². The molecule has 0 spiro atoms. The SMILES string of the molecule is Cc1ccc(C)c2[nH]c(=O)c(CN(Cc3nnnn3CC3CCCO3)C3CCCCC3)cc12.